The maximum absolute atomic E-state index is 6.13. The summed E-state index contributed by atoms with van der Waals surface area (Å²) in [6, 6.07) is 13.4. The van der Waals surface area contributed by atoms with Crippen molar-refractivity contribution in [3.05, 3.63) is 47.6 Å². The Kier molecular flexibility index (Phi) is 5.08. The minimum absolute atomic E-state index is 0.557. The molecule has 0 spiro atoms. The van der Waals surface area contributed by atoms with Crippen molar-refractivity contribution < 1.29 is 4.74 Å². The molecule has 0 amide bonds. The highest BCUT2D eigenvalue weighted by molar-refractivity contribution is 6.76. The Morgan fingerprint density at radius 1 is 1.15 bits per heavy atom. The molecule has 0 radical (unpaired) electrons. The number of nitrogens with zero attached hydrogens (tertiary/aromatic N) is 1. The number of benzene rings is 1. The Bertz CT molecular complexity index is 545. The molecule has 0 unspecified atom stereocenters. The van der Waals surface area contributed by atoms with Gasteiger partial charge in [0.2, 0.25) is 0 Å². The van der Waals surface area contributed by atoms with E-state index in [2.05, 4.69) is 36.3 Å². The molecule has 108 valence electrons. The zero-order valence-corrected chi connectivity index (χ0v) is 14.2. The fourth-order valence-electron chi connectivity index (χ4n) is 1.98. The standard InChI is InChI=1S/C16H22ClNOSi/c1-20(2,3)10-9-19-13-18-12-15(17)11-16(18)14-7-5-4-6-8-14/h4-8,11-12H,9-10,13H2,1-3H3. The third-order valence-electron chi connectivity index (χ3n) is 3.16. The number of halogens is 1. The monoisotopic (exact) mass is 307 g/mol. The first-order valence-electron chi connectivity index (χ1n) is 6.94. The summed E-state index contributed by atoms with van der Waals surface area (Å²) in [5.74, 6) is 0. The van der Waals surface area contributed by atoms with Gasteiger partial charge in [-0.05, 0) is 17.7 Å². The SMILES string of the molecule is C[Si](C)(C)CCOCn1cc(Cl)cc1-c1ccccc1. The first kappa shape index (κ1) is 15.4. The zero-order valence-electron chi connectivity index (χ0n) is 12.4. The lowest BCUT2D eigenvalue weighted by molar-refractivity contribution is 0.0885. The van der Waals surface area contributed by atoms with E-state index >= 15 is 0 Å². The molecule has 0 aliphatic heterocycles. The van der Waals surface area contributed by atoms with Gasteiger partial charge in [-0.2, -0.15) is 0 Å². The molecule has 1 aromatic heterocycles. The Morgan fingerprint density at radius 3 is 2.50 bits per heavy atom. The summed E-state index contributed by atoms with van der Waals surface area (Å²) in [5.41, 5.74) is 2.26. The fourth-order valence-corrected chi connectivity index (χ4v) is 2.95. The lowest BCUT2D eigenvalue weighted by Gasteiger charge is -2.16. The van der Waals surface area contributed by atoms with Crippen molar-refractivity contribution in [3.8, 4) is 11.3 Å². The zero-order chi connectivity index (χ0) is 14.6. The van der Waals surface area contributed by atoms with Gasteiger partial charge >= 0.3 is 0 Å². The highest BCUT2D eigenvalue weighted by atomic mass is 35.5. The van der Waals surface area contributed by atoms with Gasteiger partial charge < -0.3 is 9.30 Å². The van der Waals surface area contributed by atoms with Gasteiger partial charge in [0, 0.05) is 20.9 Å². The van der Waals surface area contributed by atoms with Crippen LogP contribution in [0.5, 0.6) is 0 Å². The molecule has 2 aromatic rings. The molecule has 0 aliphatic carbocycles. The molecule has 2 nitrogen and oxygen atoms in total. The summed E-state index contributed by atoms with van der Waals surface area (Å²) in [4.78, 5) is 0. The maximum Gasteiger partial charge on any atom is 0.122 e. The minimum atomic E-state index is -1.03. The van der Waals surface area contributed by atoms with E-state index in [0.29, 0.717) is 6.73 Å². The highest BCUT2D eigenvalue weighted by Crippen LogP contribution is 2.25. The van der Waals surface area contributed by atoms with Crippen LogP contribution in [-0.2, 0) is 11.5 Å². The third-order valence-corrected chi connectivity index (χ3v) is 5.07. The van der Waals surface area contributed by atoms with E-state index in [9.17, 15) is 0 Å². The van der Waals surface area contributed by atoms with Crippen molar-refractivity contribution >= 4 is 19.7 Å². The summed E-state index contributed by atoms with van der Waals surface area (Å²) >= 11 is 6.13. The van der Waals surface area contributed by atoms with Crippen LogP contribution in [0.25, 0.3) is 11.3 Å². The van der Waals surface area contributed by atoms with Crippen LogP contribution in [0.3, 0.4) is 0 Å². The van der Waals surface area contributed by atoms with Crippen molar-refractivity contribution in [2.24, 2.45) is 0 Å². The fraction of sp³-hybridized carbons (Fsp3) is 0.375. The van der Waals surface area contributed by atoms with Gasteiger partial charge in [0.1, 0.15) is 6.73 Å². The van der Waals surface area contributed by atoms with Gasteiger partial charge in [-0.15, -0.1) is 0 Å². The molecule has 0 aliphatic rings. The van der Waals surface area contributed by atoms with Gasteiger partial charge in [0.05, 0.1) is 10.7 Å². The number of rotatable bonds is 6. The van der Waals surface area contributed by atoms with Crippen LogP contribution in [0.15, 0.2) is 42.6 Å². The second-order valence-corrected chi connectivity index (χ2v) is 12.3. The van der Waals surface area contributed by atoms with Crippen molar-refractivity contribution in [3.63, 3.8) is 0 Å². The summed E-state index contributed by atoms with van der Waals surface area (Å²) in [5, 5.41) is 0.748. The predicted molar refractivity (Wildman–Crippen MR) is 89.0 cm³/mol. The maximum atomic E-state index is 6.13. The average Bonchev–Trinajstić information content (AvgIpc) is 2.76. The molecule has 1 aromatic carbocycles. The normalized spacial score (nSPS) is 11.8. The Morgan fingerprint density at radius 2 is 1.85 bits per heavy atom. The van der Waals surface area contributed by atoms with Crippen LogP contribution < -0.4 is 0 Å². The lowest BCUT2D eigenvalue weighted by atomic mass is 10.1. The first-order chi connectivity index (χ1) is 9.46. The Hall–Kier alpha value is -1.03. The van der Waals surface area contributed by atoms with Crippen LogP contribution in [0.1, 0.15) is 0 Å². The Balaban J connectivity index is 2.02. The Labute approximate surface area is 127 Å². The number of hydrogen-bond donors (Lipinski definition) is 0. The number of ether oxygens (including phenoxy) is 1. The number of hydrogen-bond acceptors (Lipinski definition) is 1. The van der Waals surface area contributed by atoms with Crippen molar-refractivity contribution in [1.82, 2.24) is 4.57 Å². The van der Waals surface area contributed by atoms with Gasteiger partial charge in [-0.3, -0.25) is 0 Å². The molecule has 1 heterocycles. The molecule has 20 heavy (non-hydrogen) atoms. The number of aromatic nitrogens is 1. The van der Waals surface area contributed by atoms with Crippen LogP contribution >= 0.6 is 11.6 Å². The third kappa shape index (κ3) is 4.51. The molecule has 2 rings (SSSR count). The molecule has 0 fully saturated rings. The van der Waals surface area contributed by atoms with Gasteiger partial charge in [0.25, 0.3) is 0 Å². The molecular formula is C16H22ClNOSi. The smallest absolute Gasteiger partial charge is 0.122 e. The van der Waals surface area contributed by atoms with E-state index < -0.39 is 8.07 Å². The van der Waals surface area contributed by atoms with Crippen LogP contribution in [0.4, 0.5) is 0 Å². The largest absolute Gasteiger partial charge is 0.361 e. The van der Waals surface area contributed by atoms with Crippen LogP contribution in [0, 0.1) is 0 Å². The average molecular weight is 308 g/mol. The molecule has 4 heteroatoms. The molecule has 0 saturated heterocycles. The van der Waals surface area contributed by atoms with Crippen LogP contribution in [0.2, 0.25) is 30.7 Å². The quantitative estimate of drug-likeness (QED) is 0.533. The molecular weight excluding hydrogens is 286 g/mol. The second kappa shape index (κ2) is 6.61. The van der Waals surface area contributed by atoms with Gasteiger partial charge in [-0.25, -0.2) is 0 Å². The summed E-state index contributed by atoms with van der Waals surface area (Å²) in [7, 11) is -1.03. The van der Waals surface area contributed by atoms with E-state index in [4.69, 9.17) is 16.3 Å². The van der Waals surface area contributed by atoms with E-state index in [-0.39, 0.29) is 0 Å². The van der Waals surface area contributed by atoms with Crippen molar-refractivity contribution in [2.45, 2.75) is 32.4 Å². The molecule has 0 saturated carbocycles. The van der Waals surface area contributed by atoms with E-state index in [1.807, 2.05) is 30.5 Å². The van der Waals surface area contributed by atoms with Crippen molar-refractivity contribution in [1.29, 1.82) is 0 Å². The summed E-state index contributed by atoms with van der Waals surface area (Å²) < 4.78 is 7.88. The lowest BCUT2D eigenvalue weighted by Crippen LogP contribution is -2.22. The minimum Gasteiger partial charge on any atom is -0.361 e. The summed E-state index contributed by atoms with van der Waals surface area (Å²) in [6.07, 6.45) is 1.93. The van der Waals surface area contributed by atoms with Gasteiger partial charge in [0.15, 0.2) is 0 Å². The summed E-state index contributed by atoms with van der Waals surface area (Å²) in [6.45, 7) is 8.45. The van der Waals surface area contributed by atoms with Crippen LogP contribution in [-0.4, -0.2) is 19.2 Å². The molecule has 0 N–H and O–H groups in total. The molecule has 0 atom stereocenters. The van der Waals surface area contributed by atoms with E-state index in [1.54, 1.807) is 0 Å². The second-order valence-electron chi connectivity index (χ2n) is 6.23. The highest BCUT2D eigenvalue weighted by Gasteiger charge is 2.12. The molecule has 0 bridgehead atoms. The topological polar surface area (TPSA) is 14.2 Å². The van der Waals surface area contributed by atoms with Crippen molar-refractivity contribution in [2.75, 3.05) is 6.61 Å². The van der Waals surface area contributed by atoms with Gasteiger partial charge in [-0.1, -0.05) is 61.6 Å². The first-order valence-corrected chi connectivity index (χ1v) is 11.0. The van der Waals surface area contributed by atoms with E-state index in [1.165, 1.54) is 6.04 Å². The predicted octanol–water partition coefficient (Wildman–Crippen LogP) is 5.12. The van der Waals surface area contributed by atoms with E-state index in [0.717, 1.165) is 22.9 Å².